The quantitative estimate of drug-likeness (QED) is 0.282. The van der Waals surface area contributed by atoms with Crippen LogP contribution in [0.25, 0.3) is 6.08 Å². The van der Waals surface area contributed by atoms with E-state index in [1.54, 1.807) is 6.08 Å². The lowest BCUT2D eigenvalue weighted by atomic mass is 10.1. The third kappa shape index (κ3) is 3.76. The molecule has 0 fully saturated rings. The Bertz CT molecular complexity index is 853. The van der Waals surface area contributed by atoms with Gasteiger partial charge in [-0.25, -0.2) is 4.39 Å². The van der Waals surface area contributed by atoms with Gasteiger partial charge in [0.05, 0.1) is 0 Å². The summed E-state index contributed by atoms with van der Waals surface area (Å²) in [4.78, 5) is 0. The summed E-state index contributed by atoms with van der Waals surface area (Å²) < 4.78 is 13.9. The minimum atomic E-state index is -0.367. The van der Waals surface area contributed by atoms with Crippen molar-refractivity contribution < 1.29 is 9.13 Å². The van der Waals surface area contributed by atoms with Crippen molar-refractivity contribution in [1.29, 1.82) is 0 Å². The summed E-state index contributed by atoms with van der Waals surface area (Å²) in [5.74, 6) is -0.367. The van der Waals surface area contributed by atoms with E-state index in [-0.39, 0.29) is 5.82 Å². The van der Waals surface area contributed by atoms with E-state index < -0.39 is 0 Å². The lowest BCUT2D eigenvalue weighted by Crippen LogP contribution is -2.10. The van der Waals surface area contributed by atoms with Crippen molar-refractivity contribution in [3.8, 4) is 0 Å². The molecule has 0 aliphatic rings. The van der Waals surface area contributed by atoms with E-state index in [9.17, 15) is 9.60 Å². The maximum Gasteiger partial charge on any atom is 0.224 e. The molecule has 24 heavy (non-hydrogen) atoms. The van der Waals surface area contributed by atoms with Crippen molar-refractivity contribution in [3.63, 3.8) is 0 Å². The molecule has 118 valence electrons. The van der Waals surface area contributed by atoms with Gasteiger partial charge >= 0.3 is 0 Å². The van der Waals surface area contributed by atoms with Crippen LogP contribution in [0.4, 0.5) is 10.1 Å². The highest BCUT2D eigenvalue weighted by Gasteiger charge is 2.12. The molecule has 0 aromatic heterocycles. The van der Waals surface area contributed by atoms with Crippen LogP contribution >= 0.6 is 0 Å². The van der Waals surface area contributed by atoms with E-state index in [0.29, 0.717) is 11.4 Å². The molecule has 0 heterocycles. The Morgan fingerprint density at radius 3 is 2.00 bits per heavy atom. The minimum Gasteiger partial charge on any atom is -0.618 e. The molecule has 0 N–H and O–H groups in total. The third-order valence-corrected chi connectivity index (χ3v) is 3.58. The summed E-state index contributed by atoms with van der Waals surface area (Å²) >= 11 is 0. The molecule has 0 aliphatic carbocycles. The maximum absolute atomic E-state index is 13.1. The van der Waals surface area contributed by atoms with Crippen molar-refractivity contribution in [2.24, 2.45) is 0 Å². The molecule has 3 rings (SSSR count). The van der Waals surface area contributed by atoms with Crippen LogP contribution in [0.1, 0.15) is 11.1 Å². The monoisotopic (exact) mass is 317 g/mol. The molecule has 0 amide bonds. The van der Waals surface area contributed by atoms with Crippen molar-refractivity contribution in [2.45, 2.75) is 0 Å². The largest absolute Gasteiger partial charge is 0.618 e. The maximum atomic E-state index is 13.1. The molecule has 0 bridgehead atoms. The van der Waals surface area contributed by atoms with Gasteiger partial charge in [0.15, 0.2) is 0 Å². The summed E-state index contributed by atoms with van der Waals surface area (Å²) in [7, 11) is 0. The SMILES string of the molecule is [O-]/[N+](=C(/C=C/c1ccccc1)c1ccccc1)c1ccc(F)cc1. The molecule has 0 unspecified atom stereocenters. The number of benzene rings is 3. The summed E-state index contributed by atoms with van der Waals surface area (Å²) in [5, 5.41) is 12.8. The van der Waals surface area contributed by atoms with Gasteiger partial charge in [0.25, 0.3) is 0 Å². The molecule has 2 nitrogen and oxygen atoms in total. The topological polar surface area (TPSA) is 26.1 Å². The fourth-order valence-corrected chi connectivity index (χ4v) is 2.34. The van der Waals surface area contributed by atoms with Gasteiger partial charge < -0.3 is 5.21 Å². The van der Waals surface area contributed by atoms with Crippen LogP contribution in [0, 0.1) is 11.0 Å². The second-order valence-electron chi connectivity index (χ2n) is 5.27. The first kappa shape index (κ1) is 15.7. The lowest BCUT2D eigenvalue weighted by Gasteiger charge is -2.08. The van der Waals surface area contributed by atoms with Gasteiger partial charge in [-0.1, -0.05) is 48.5 Å². The highest BCUT2D eigenvalue weighted by molar-refractivity contribution is 6.08. The van der Waals surface area contributed by atoms with Crippen molar-refractivity contribution in [1.82, 2.24) is 0 Å². The van der Waals surface area contributed by atoms with Gasteiger partial charge in [-0.05, 0) is 35.9 Å². The molecule has 0 atom stereocenters. The Morgan fingerprint density at radius 1 is 0.792 bits per heavy atom. The second kappa shape index (κ2) is 7.38. The first-order valence-corrected chi connectivity index (χ1v) is 7.62. The predicted octanol–water partition coefficient (Wildman–Crippen LogP) is 5.17. The fourth-order valence-electron chi connectivity index (χ4n) is 2.34. The van der Waals surface area contributed by atoms with Crippen LogP contribution in [-0.4, -0.2) is 10.5 Å². The van der Waals surface area contributed by atoms with E-state index in [1.807, 2.05) is 66.7 Å². The van der Waals surface area contributed by atoms with Crippen LogP contribution in [-0.2, 0) is 0 Å². The van der Waals surface area contributed by atoms with Gasteiger partial charge in [0.2, 0.25) is 11.4 Å². The van der Waals surface area contributed by atoms with Gasteiger partial charge in [0.1, 0.15) is 5.82 Å². The van der Waals surface area contributed by atoms with Crippen molar-refractivity contribution in [3.05, 3.63) is 113 Å². The van der Waals surface area contributed by atoms with Crippen molar-refractivity contribution >= 4 is 17.5 Å². The molecule has 3 aromatic rings. The molecule has 0 spiro atoms. The summed E-state index contributed by atoms with van der Waals surface area (Å²) in [6.07, 6.45) is 3.66. The highest BCUT2D eigenvalue weighted by atomic mass is 19.1. The van der Waals surface area contributed by atoms with Gasteiger partial charge in [-0.15, -0.1) is 0 Å². The van der Waals surface area contributed by atoms with Gasteiger partial charge in [0, 0.05) is 23.8 Å². The van der Waals surface area contributed by atoms with Crippen LogP contribution in [0.3, 0.4) is 0 Å². The third-order valence-electron chi connectivity index (χ3n) is 3.58. The molecular formula is C21H16FNO. The zero-order valence-corrected chi connectivity index (χ0v) is 13.0. The van der Waals surface area contributed by atoms with E-state index in [2.05, 4.69) is 0 Å². The molecule has 0 aliphatic heterocycles. The Hall–Kier alpha value is -3.20. The molecule has 0 saturated heterocycles. The number of allylic oxidation sites excluding steroid dienone is 1. The fraction of sp³-hybridized carbons (Fsp3) is 0. The Morgan fingerprint density at radius 2 is 1.38 bits per heavy atom. The zero-order valence-electron chi connectivity index (χ0n) is 13.0. The van der Waals surface area contributed by atoms with E-state index >= 15 is 0 Å². The minimum absolute atomic E-state index is 0.367. The second-order valence-corrected chi connectivity index (χ2v) is 5.27. The lowest BCUT2D eigenvalue weighted by molar-refractivity contribution is -0.359. The standard InChI is InChI=1S/C21H16FNO/c22-19-12-14-20(15-13-19)23(24)21(18-9-5-2-6-10-18)16-11-17-7-3-1-4-8-17/h1-16H/b16-11+,23-21-. The Kier molecular flexibility index (Phi) is 4.82. The summed E-state index contributed by atoms with van der Waals surface area (Å²) in [6, 6.07) is 24.7. The molecule has 3 aromatic carbocycles. The first-order valence-electron chi connectivity index (χ1n) is 7.62. The average molecular weight is 317 g/mol. The van der Waals surface area contributed by atoms with E-state index in [0.717, 1.165) is 15.9 Å². The van der Waals surface area contributed by atoms with Crippen LogP contribution in [0.5, 0.6) is 0 Å². The number of hydrogen-bond donors (Lipinski definition) is 0. The summed E-state index contributed by atoms with van der Waals surface area (Å²) in [5.41, 5.74) is 2.67. The predicted molar refractivity (Wildman–Crippen MR) is 95.7 cm³/mol. The van der Waals surface area contributed by atoms with Crippen LogP contribution in [0.2, 0.25) is 0 Å². The van der Waals surface area contributed by atoms with Crippen LogP contribution in [0.15, 0.2) is 91.0 Å². The normalized spacial score (nSPS) is 12.2. The van der Waals surface area contributed by atoms with Gasteiger partial charge in [-0.2, -0.15) is 4.74 Å². The molecule has 0 saturated carbocycles. The average Bonchev–Trinajstić information content (AvgIpc) is 2.64. The van der Waals surface area contributed by atoms with E-state index in [1.165, 1.54) is 24.3 Å². The number of nitrogens with zero attached hydrogens (tertiary/aromatic N) is 1. The van der Waals surface area contributed by atoms with E-state index in [4.69, 9.17) is 0 Å². The first-order chi connectivity index (χ1) is 11.7. The Balaban J connectivity index is 2.06. The number of rotatable bonds is 4. The molecule has 0 radical (unpaired) electrons. The van der Waals surface area contributed by atoms with Crippen LogP contribution < -0.4 is 0 Å². The zero-order chi connectivity index (χ0) is 16.8. The van der Waals surface area contributed by atoms with Gasteiger partial charge in [-0.3, -0.25) is 0 Å². The number of halogens is 1. The molecular weight excluding hydrogens is 301 g/mol. The number of hydrogen-bond acceptors (Lipinski definition) is 1. The Labute approximate surface area is 140 Å². The highest BCUT2D eigenvalue weighted by Crippen LogP contribution is 2.15. The van der Waals surface area contributed by atoms with Crippen molar-refractivity contribution in [2.75, 3.05) is 0 Å². The smallest absolute Gasteiger partial charge is 0.224 e. The summed E-state index contributed by atoms with van der Waals surface area (Å²) in [6.45, 7) is 0. The molecule has 3 heteroatoms.